The molecule has 0 saturated heterocycles. The molecule has 3 nitrogen and oxygen atoms in total. The highest BCUT2D eigenvalue weighted by molar-refractivity contribution is 5.85. The minimum atomic E-state index is -0.708. The van der Waals surface area contributed by atoms with Gasteiger partial charge < -0.3 is 11.1 Å². The predicted octanol–water partition coefficient (Wildman–Crippen LogP) is 3.37. The van der Waals surface area contributed by atoms with E-state index in [9.17, 15) is 4.79 Å². The summed E-state index contributed by atoms with van der Waals surface area (Å²) in [5.41, 5.74) is 5.15. The van der Waals surface area contributed by atoms with Crippen molar-refractivity contribution in [2.75, 3.05) is 6.54 Å². The summed E-state index contributed by atoms with van der Waals surface area (Å²) in [6, 6.07) is 0. The van der Waals surface area contributed by atoms with Gasteiger partial charge in [0.25, 0.3) is 0 Å². The lowest BCUT2D eigenvalue weighted by Gasteiger charge is -2.21. The predicted molar refractivity (Wildman–Crippen MR) is 78.5 cm³/mol. The maximum absolute atomic E-state index is 11.7. The summed E-state index contributed by atoms with van der Waals surface area (Å²) in [6.45, 7) is 6.73. The molecular formula is C15H32N2O. The molecule has 3 N–H and O–H groups in total. The van der Waals surface area contributed by atoms with E-state index in [1.54, 1.807) is 6.92 Å². The first-order valence-electron chi connectivity index (χ1n) is 7.61. The summed E-state index contributed by atoms with van der Waals surface area (Å²) < 4.78 is 0. The van der Waals surface area contributed by atoms with Crippen molar-refractivity contribution in [1.29, 1.82) is 0 Å². The molecule has 0 aromatic carbocycles. The molecule has 0 aromatic heterocycles. The number of carbonyl (C=O) groups excluding carboxylic acids is 1. The first-order valence-corrected chi connectivity index (χ1v) is 7.61. The van der Waals surface area contributed by atoms with E-state index in [0.29, 0.717) is 6.42 Å². The molecule has 108 valence electrons. The minimum absolute atomic E-state index is 0.0204. The summed E-state index contributed by atoms with van der Waals surface area (Å²) in [5.74, 6) is -0.0204. The molecule has 0 rings (SSSR count). The lowest BCUT2D eigenvalue weighted by molar-refractivity contribution is -0.125. The Morgan fingerprint density at radius 2 is 1.50 bits per heavy atom. The van der Waals surface area contributed by atoms with Crippen molar-refractivity contribution in [3.8, 4) is 0 Å². The van der Waals surface area contributed by atoms with Gasteiger partial charge in [-0.3, -0.25) is 4.79 Å². The molecule has 0 heterocycles. The zero-order valence-corrected chi connectivity index (χ0v) is 12.6. The van der Waals surface area contributed by atoms with Crippen LogP contribution < -0.4 is 11.1 Å². The van der Waals surface area contributed by atoms with Crippen LogP contribution in [0, 0.1) is 0 Å². The fourth-order valence-corrected chi connectivity index (χ4v) is 1.82. The molecule has 0 aliphatic carbocycles. The van der Waals surface area contributed by atoms with Crippen LogP contribution in [-0.4, -0.2) is 18.0 Å². The van der Waals surface area contributed by atoms with Gasteiger partial charge in [-0.2, -0.15) is 0 Å². The van der Waals surface area contributed by atoms with E-state index in [-0.39, 0.29) is 5.91 Å². The first kappa shape index (κ1) is 17.4. The van der Waals surface area contributed by atoms with Crippen molar-refractivity contribution in [2.24, 2.45) is 5.73 Å². The lowest BCUT2D eigenvalue weighted by Crippen LogP contribution is -2.51. The molecule has 1 amide bonds. The van der Waals surface area contributed by atoms with E-state index in [1.165, 1.54) is 44.9 Å². The molecule has 0 aromatic rings. The van der Waals surface area contributed by atoms with Crippen molar-refractivity contribution in [3.63, 3.8) is 0 Å². The zero-order valence-electron chi connectivity index (χ0n) is 12.6. The third kappa shape index (κ3) is 8.51. The molecule has 0 spiro atoms. The van der Waals surface area contributed by atoms with Crippen LogP contribution in [0.5, 0.6) is 0 Å². The SMILES string of the molecule is CCCCCCCCCCNC(=O)C(C)(N)CC. The van der Waals surface area contributed by atoms with Gasteiger partial charge in [0, 0.05) is 6.54 Å². The first-order chi connectivity index (χ1) is 8.54. The molecule has 0 aliphatic rings. The Hall–Kier alpha value is -0.570. The van der Waals surface area contributed by atoms with Crippen molar-refractivity contribution in [1.82, 2.24) is 5.32 Å². The van der Waals surface area contributed by atoms with Crippen LogP contribution in [-0.2, 0) is 4.79 Å². The van der Waals surface area contributed by atoms with Crippen LogP contribution in [0.3, 0.4) is 0 Å². The molecule has 1 unspecified atom stereocenters. The highest BCUT2D eigenvalue weighted by Crippen LogP contribution is 2.08. The van der Waals surface area contributed by atoms with E-state index in [2.05, 4.69) is 12.2 Å². The van der Waals surface area contributed by atoms with Gasteiger partial charge in [-0.05, 0) is 19.8 Å². The molecule has 3 heteroatoms. The van der Waals surface area contributed by atoms with Crippen molar-refractivity contribution >= 4 is 5.91 Å². The number of hydrogen-bond donors (Lipinski definition) is 2. The van der Waals surface area contributed by atoms with Gasteiger partial charge in [0.05, 0.1) is 5.54 Å². The minimum Gasteiger partial charge on any atom is -0.355 e. The van der Waals surface area contributed by atoms with Crippen LogP contribution in [0.25, 0.3) is 0 Å². The van der Waals surface area contributed by atoms with Crippen molar-refractivity contribution in [2.45, 2.75) is 84.1 Å². The second-order valence-corrected chi connectivity index (χ2v) is 5.50. The Morgan fingerprint density at radius 1 is 1.00 bits per heavy atom. The van der Waals surface area contributed by atoms with Crippen LogP contribution in [0.2, 0.25) is 0 Å². The summed E-state index contributed by atoms with van der Waals surface area (Å²) in [4.78, 5) is 11.7. The molecule has 0 saturated carbocycles. The van der Waals surface area contributed by atoms with E-state index in [0.717, 1.165) is 13.0 Å². The fraction of sp³-hybridized carbons (Fsp3) is 0.933. The Labute approximate surface area is 113 Å². The van der Waals surface area contributed by atoms with Gasteiger partial charge in [0.15, 0.2) is 0 Å². The largest absolute Gasteiger partial charge is 0.355 e. The molecule has 0 aliphatic heterocycles. The number of carbonyl (C=O) groups is 1. The highest BCUT2D eigenvalue weighted by atomic mass is 16.2. The molecule has 0 fully saturated rings. The van der Waals surface area contributed by atoms with E-state index in [4.69, 9.17) is 5.73 Å². The third-order valence-corrected chi connectivity index (χ3v) is 3.57. The van der Waals surface area contributed by atoms with Gasteiger partial charge in [0.1, 0.15) is 0 Å². The summed E-state index contributed by atoms with van der Waals surface area (Å²) in [7, 11) is 0. The van der Waals surface area contributed by atoms with Crippen molar-refractivity contribution in [3.05, 3.63) is 0 Å². The highest BCUT2D eigenvalue weighted by Gasteiger charge is 2.24. The Balaban J connectivity index is 3.33. The van der Waals surface area contributed by atoms with Gasteiger partial charge in [-0.15, -0.1) is 0 Å². The normalized spacial score (nSPS) is 14.2. The average molecular weight is 256 g/mol. The van der Waals surface area contributed by atoms with Gasteiger partial charge in [-0.25, -0.2) is 0 Å². The number of unbranched alkanes of at least 4 members (excludes halogenated alkanes) is 7. The van der Waals surface area contributed by atoms with Crippen LogP contribution in [0.1, 0.15) is 78.6 Å². The fourth-order valence-electron chi connectivity index (χ4n) is 1.82. The molecule has 18 heavy (non-hydrogen) atoms. The number of nitrogens with one attached hydrogen (secondary N) is 1. The number of amides is 1. The van der Waals surface area contributed by atoms with E-state index >= 15 is 0 Å². The second-order valence-electron chi connectivity index (χ2n) is 5.50. The van der Waals surface area contributed by atoms with E-state index in [1.807, 2.05) is 6.92 Å². The smallest absolute Gasteiger partial charge is 0.239 e. The topological polar surface area (TPSA) is 55.1 Å². The van der Waals surface area contributed by atoms with Crippen LogP contribution in [0.15, 0.2) is 0 Å². The monoisotopic (exact) mass is 256 g/mol. The van der Waals surface area contributed by atoms with Gasteiger partial charge >= 0.3 is 0 Å². The maximum atomic E-state index is 11.7. The van der Waals surface area contributed by atoms with Gasteiger partial charge in [-0.1, -0.05) is 58.8 Å². The number of nitrogens with two attached hydrogens (primary N) is 1. The maximum Gasteiger partial charge on any atom is 0.239 e. The summed E-state index contributed by atoms with van der Waals surface area (Å²) >= 11 is 0. The quantitative estimate of drug-likeness (QED) is 0.557. The van der Waals surface area contributed by atoms with Crippen LogP contribution >= 0.6 is 0 Å². The Morgan fingerprint density at radius 3 is 2.00 bits per heavy atom. The molecule has 1 atom stereocenters. The lowest BCUT2D eigenvalue weighted by atomic mass is 9.99. The average Bonchev–Trinajstić information content (AvgIpc) is 2.36. The Bertz CT molecular complexity index is 215. The van der Waals surface area contributed by atoms with E-state index < -0.39 is 5.54 Å². The third-order valence-electron chi connectivity index (χ3n) is 3.57. The Kier molecular flexibility index (Phi) is 10.0. The summed E-state index contributed by atoms with van der Waals surface area (Å²) in [6.07, 6.45) is 11.0. The standard InChI is InChI=1S/C15H32N2O/c1-4-6-7-8-9-10-11-12-13-17-14(18)15(3,16)5-2/h4-13,16H2,1-3H3,(H,17,18). The zero-order chi connectivity index (χ0) is 13.9. The molecular weight excluding hydrogens is 224 g/mol. The summed E-state index contributed by atoms with van der Waals surface area (Å²) in [5, 5.41) is 2.92. The molecule has 0 radical (unpaired) electrons. The number of hydrogen-bond acceptors (Lipinski definition) is 2. The van der Waals surface area contributed by atoms with Gasteiger partial charge in [0.2, 0.25) is 5.91 Å². The number of rotatable bonds is 11. The van der Waals surface area contributed by atoms with Crippen molar-refractivity contribution < 1.29 is 4.79 Å². The molecule has 0 bridgehead atoms. The van der Waals surface area contributed by atoms with Crippen LogP contribution in [0.4, 0.5) is 0 Å². The second kappa shape index (κ2) is 10.4.